The maximum atomic E-state index is 12.5. The molecule has 22 heavy (non-hydrogen) atoms. The third kappa shape index (κ3) is 2.63. The first-order chi connectivity index (χ1) is 10.0. The summed E-state index contributed by atoms with van der Waals surface area (Å²) >= 11 is 0. The van der Waals surface area contributed by atoms with Crippen LogP contribution in [0, 0.1) is 28.6 Å². The van der Waals surface area contributed by atoms with Crippen molar-refractivity contribution in [1.82, 2.24) is 5.32 Å². The van der Waals surface area contributed by atoms with Gasteiger partial charge in [-0.3, -0.25) is 4.79 Å². The van der Waals surface area contributed by atoms with Crippen LogP contribution in [0.15, 0.2) is 12.2 Å². The van der Waals surface area contributed by atoms with Crippen molar-refractivity contribution in [3.05, 3.63) is 12.2 Å². The number of carbonyl (C=O) groups excluding carboxylic acids is 1. The van der Waals surface area contributed by atoms with Gasteiger partial charge in [0.15, 0.2) is 0 Å². The van der Waals surface area contributed by atoms with Gasteiger partial charge in [-0.05, 0) is 74.0 Å². The van der Waals surface area contributed by atoms with Crippen LogP contribution in [0.3, 0.4) is 0 Å². The molecule has 0 aromatic heterocycles. The van der Waals surface area contributed by atoms with Crippen LogP contribution >= 0.6 is 0 Å². The SMILES string of the molecule is C=C(C)C(=O)NC1(CC(C)(C)C)C2CC3CC1CC(C)(C3)C2. The lowest BCUT2D eigenvalue weighted by Crippen LogP contribution is -2.68. The summed E-state index contributed by atoms with van der Waals surface area (Å²) in [6.45, 7) is 15.1. The second-order valence-electron chi connectivity index (χ2n) is 10.2. The van der Waals surface area contributed by atoms with E-state index in [2.05, 4.69) is 39.6 Å². The Bertz CT molecular complexity index is 482. The minimum absolute atomic E-state index is 0.00468. The first kappa shape index (κ1) is 16.1. The van der Waals surface area contributed by atoms with E-state index in [1.807, 2.05) is 6.92 Å². The average Bonchev–Trinajstić information content (AvgIpc) is 2.31. The van der Waals surface area contributed by atoms with Crippen molar-refractivity contribution in [2.75, 3.05) is 0 Å². The van der Waals surface area contributed by atoms with Gasteiger partial charge in [-0.25, -0.2) is 0 Å². The highest BCUT2D eigenvalue weighted by Gasteiger charge is 2.61. The van der Waals surface area contributed by atoms with Crippen LogP contribution in [0.1, 0.15) is 73.1 Å². The van der Waals surface area contributed by atoms with Crippen molar-refractivity contribution < 1.29 is 4.79 Å². The third-order valence-electron chi connectivity index (χ3n) is 6.51. The van der Waals surface area contributed by atoms with Gasteiger partial charge < -0.3 is 5.32 Å². The summed E-state index contributed by atoms with van der Waals surface area (Å²) in [5, 5.41) is 3.51. The number of rotatable bonds is 3. The lowest BCUT2D eigenvalue weighted by molar-refractivity contribution is -0.143. The Hall–Kier alpha value is -0.790. The van der Waals surface area contributed by atoms with Gasteiger partial charge in [0.05, 0.1) is 0 Å². The van der Waals surface area contributed by atoms with Gasteiger partial charge in [0.25, 0.3) is 0 Å². The molecule has 4 aliphatic carbocycles. The molecule has 4 bridgehead atoms. The lowest BCUT2D eigenvalue weighted by Gasteiger charge is -2.66. The fourth-order valence-electron chi connectivity index (χ4n) is 6.22. The van der Waals surface area contributed by atoms with Gasteiger partial charge in [-0.1, -0.05) is 34.3 Å². The Balaban J connectivity index is 1.96. The molecule has 124 valence electrons. The predicted octanol–water partition coefficient (Wildman–Crippen LogP) is 4.70. The first-order valence-corrected chi connectivity index (χ1v) is 9.01. The van der Waals surface area contributed by atoms with Gasteiger partial charge in [-0.2, -0.15) is 0 Å². The van der Waals surface area contributed by atoms with E-state index in [0.29, 0.717) is 22.8 Å². The molecule has 4 rings (SSSR count). The van der Waals surface area contributed by atoms with Crippen molar-refractivity contribution in [2.45, 2.75) is 78.7 Å². The van der Waals surface area contributed by atoms with E-state index in [0.717, 1.165) is 12.3 Å². The molecule has 0 aromatic carbocycles. The van der Waals surface area contributed by atoms with Gasteiger partial charge in [0.1, 0.15) is 0 Å². The van der Waals surface area contributed by atoms with E-state index in [4.69, 9.17) is 0 Å². The number of amides is 1. The zero-order valence-electron chi connectivity index (χ0n) is 15.1. The second-order valence-corrected chi connectivity index (χ2v) is 10.2. The molecule has 1 N–H and O–H groups in total. The zero-order valence-corrected chi connectivity index (χ0v) is 15.1. The number of nitrogens with one attached hydrogen (secondary N) is 1. The number of hydrogen-bond acceptors (Lipinski definition) is 1. The van der Waals surface area contributed by atoms with Gasteiger partial charge >= 0.3 is 0 Å². The topological polar surface area (TPSA) is 29.1 Å². The first-order valence-electron chi connectivity index (χ1n) is 9.01. The highest BCUT2D eigenvalue weighted by molar-refractivity contribution is 5.92. The quantitative estimate of drug-likeness (QED) is 0.752. The van der Waals surface area contributed by atoms with Gasteiger partial charge in [0, 0.05) is 11.1 Å². The molecule has 0 spiro atoms. The molecule has 4 saturated carbocycles. The molecule has 0 saturated heterocycles. The minimum atomic E-state index is 0.00468. The largest absolute Gasteiger partial charge is 0.346 e. The molecule has 2 atom stereocenters. The van der Waals surface area contributed by atoms with Crippen LogP contribution < -0.4 is 5.32 Å². The highest BCUT2D eigenvalue weighted by atomic mass is 16.1. The van der Waals surface area contributed by atoms with E-state index in [1.54, 1.807) is 0 Å². The Morgan fingerprint density at radius 2 is 1.73 bits per heavy atom. The molecule has 2 nitrogen and oxygen atoms in total. The standard InChI is InChI=1S/C20H33NO/c1-13(2)17(22)21-20(12-18(3,4)5)15-7-14-8-16(20)11-19(6,9-14)10-15/h14-16H,1,7-12H2,2-6H3,(H,21,22). The normalized spacial score (nSPS) is 43.2. The smallest absolute Gasteiger partial charge is 0.246 e. The van der Waals surface area contributed by atoms with E-state index in [-0.39, 0.29) is 16.9 Å². The van der Waals surface area contributed by atoms with Crippen LogP contribution in [0.5, 0.6) is 0 Å². The fraction of sp³-hybridized carbons (Fsp3) is 0.850. The molecule has 2 heteroatoms. The van der Waals surface area contributed by atoms with Crippen molar-refractivity contribution >= 4 is 5.91 Å². The summed E-state index contributed by atoms with van der Waals surface area (Å²) in [4.78, 5) is 12.5. The summed E-state index contributed by atoms with van der Waals surface area (Å²) in [5.41, 5.74) is 1.42. The average molecular weight is 303 g/mol. The van der Waals surface area contributed by atoms with Gasteiger partial charge in [0.2, 0.25) is 5.91 Å². The highest BCUT2D eigenvalue weighted by Crippen LogP contribution is 2.65. The van der Waals surface area contributed by atoms with E-state index in [9.17, 15) is 4.79 Å². The molecule has 1 amide bonds. The molecule has 4 fully saturated rings. The third-order valence-corrected chi connectivity index (χ3v) is 6.51. The number of carbonyl (C=O) groups is 1. The Labute approximate surface area is 136 Å². The minimum Gasteiger partial charge on any atom is -0.346 e. The Morgan fingerprint density at radius 3 is 2.14 bits per heavy atom. The van der Waals surface area contributed by atoms with Gasteiger partial charge in [-0.15, -0.1) is 0 Å². The maximum Gasteiger partial charge on any atom is 0.246 e. The van der Waals surface area contributed by atoms with Crippen LogP contribution in [0.25, 0.3) is 0 Å². The van der Waals surface area contributed by atoms with E-state index < -0.39 is 0 Å². The summed E-state index contributed by atoms with van der Waals surface area (Å²) in [7, 11) is 0. The maximum absolute atomic E-state index is 12.5. The van der Waals surface area contributed by atoms with E-state index >= 15 is 0 Å². The zero-order chi connectivity index (χ0) is 16.3. The van der Waals surface area contributed by atoms with Crippen LogP contribution in [-0.2, 0) is 4.79 Å². The molecular weight excluding hydrogens is 270 g/mol. The summed E-state index contributed by atoms with van der Waals surface area (Å²) in [6.07, 6.45) is 7.74. The predicted molar refractivity (Wildman–Crippen MR) is 91.4 cm³/mol. The summed E-state index contributed by atoms with van der Waals surface area (Å²) in [5.74, 6) is 2.29. The molecule has 4 aliphatic rings. The van der Waals surface area contributed by atoms with Crippen molar-refractivity contribution in [3.8, 4) is 0 Å². The van der Waals surface area contributed by atoms with Crippen molar-refractivity contribution in [1.29, 1.82) is 0 Å². The number of hydrogen-bond donors (Lipinski definition) is 1. The van der Waals surface area contributed by atoms with E-state index in [1.165, 1.54) is 32.1 Å². The fourth-order valence-corrected chi connectivity index (χ4v) is 6.22. The lowest BCUT2D eigenvalue weighted by atomic mass is 9.42. The summed E-state index contributed by atoms with van der Waals surface area (Å²) < 4.78 is 0. The molecule has 0 heterocycles. The molecule has 0 aromatic rings. The van der Waals surface area contributed by atoms with Crippen LogP contribution in [0.2, 0.25) is 0 Å². The molecule has 0 aliphatic heterocycles. The monoisotopic (exact) mass is 303 g/mol. The second kappa shape index (κ2) is 4.85. The van der Waals surface area contributed by atoms with Crippen molar-refractivity contribution in [3.63, 3.8) is 0 Å². The summed E-state index contributed by atoms with van der Waals surface area (Å²) in [6, 6.07) is 0. The van der Waals surface area contributed by atoms with Crippen molar-refractivity contribution in [2.24, 2.45) is 28.6 Å². The Kier molecular flexibility index (Phi) is 3.55. The Morgan fingerprint density at radius 1 is 1.18 bits per heavy atom. The van der Waals surface area contributed by atoms with Crippen LogP contribution in [-0.4, -0.2) is 11.4 Å². The van der Waals surface area contributed by atoms with Crippen LogP contribution in [0.4, 0.5) is 0 Å². The molecule has 2 unspecified atom stereocenters. The molecule has 0 radical (unpaired) electrons. The molecular formula is C20H33NO.